The summed E-state index contributed by atoms with van der Waals surface area (Å²) in [5.41, 5.74) is 0.921. The molecule has 4 nitrogen and oxygen atoms in total. The Morgan fingerprint density at radius 2 is 2.19 bits per heavy atom. The largest absolute Gasteiger partial charge is 0.506 e. The third-order valence-electron chi connectivity index (χ3n) is 2.77. The normalized spacial score (nSPS) is 25.5. The Morgan fingerprint density at radius 3 is 2.81 bits per heavy atom. The molecule has 1 aromatic rings. The summed E-state index contributed by atoms with van der Waals surface area (Å²) in [6.45, 7) is 0.706. The van der Waals surface area contributed by atoms with E-state index in [2.05, 4.69) is 10.3 Å². The second kappa shape index (κ2) is 5.41. The van der Waals surface area contributed by atoms with E-state index in [0.717, 1.165) is 30.0 Å². The molecule has 0 saturated carbocycles. The minimum Gasteiger partial charge on any atom is -0.506 e. The van der Waals surface area contributed by atoms with Gasteiger partial charge in [-0.25, -0.2) is 0 Å². The quantitative estimate of drug-likeness (QED) is 0.820. The number of nitrogens with zero attached hydrogens (tertiary/aromatic N) is 1. The van der Waals surface area contributed by atoms with Crippen molar-refractivity contribution in [1.29, 1.82) is 0 Å². The van der Waals surface area contributed by atoms with Gasteiger partial charge in [0.25, 0.3) is 0 Å². The highest BCUT2D eigenvalue weighted by Gasteiger charge is 2.16. The van der Waals surface area contributed by atoms with Gasteiger partial charge in [-0.3, -0.25) is 9.19 Å². The van der Waals surface area contributed by atoms with E-state index >= 15 is 0 Å². The first-order valence-electron chi connectivity index (χ1n) is 5.46. The lowest BCUT2D eigenvalue weighted by Crippen LogP contribution is -2.35. The number of aromatic nitrogens is 1. The average Bonchev–Trinajstić information content (AvgIpc) is 2.30. The van der Waals surface area contributed by atoms with Gasteiger partial charge in [0.05, 0.1) is 11.9 Å². The molecule has 0 aliphatic carbocycles. The van der Waals surface area contributed by atoms with Crippen LogP contribution in [-0.4, -0.2) is 31.8 Å². The van der Waals surface area contributed by atoms with Crippen LogP contribution in [0.25, 0.3) is 0 Å². The minimum atomic E-state index is -0.601. The predicted octanol–water partition coefficient (Wildman–Crippen LogP) is 0.788. The number of nitrogens with one attached hydrogen (secondary N) is 1. The molecule has 1 aliphatic heterocycles. The van der Waals surface area contributed by atoms with Crippen LogP contribution >= 0.6 is 0 Å². The fraction of sp³-hybridized carbons (Fsp3) is 0.545. The molecule has 0 unspecified atom stereocenters. The van der Waals surface area contributed by atoms with Crippen molar-refractivity contribution in [2.75, 3.05) is 11.5 Å². The molecule has 88 valence electrons. The molecule has 1 aromatic heterocycles. The van der Waals surface area contributed by atoms with Gasteiger partial charge in [-0.2, -0.15) is 0 Å². The third kappa shape index (κ3) is 3.28. The Bertz CT molecular complexity index is 357. The molecule has 2 rings (SSSR count). The summed E-state index contributed by atoms with van der Waals surface area (Å²) in [6, 6.07) is 3.90. The molecule has 1 aliphatic rings. The molecule has 2 heterocycles. The second-order valence-corrected chi connectivity index (χ2v) is 5.71. The van der Waals surface area contributed by atoms with Crippen LogP contribution < -0.4 is 5.32 Å². The molecule has 1 saturated heterocycles. The van der Waals surface area contributed by atoms with Gasteiger partial charge in [-0.15, -0.1) is 0 Å². The van der Waals surface area contributed by atoms with Crippen LogP contribution in [0.2, 0.25) is 0 Å². The SMILES string of the molecule is O=S1CCC(NCc2ccc(O)cn2)CC1. The highest BCUT2D eigenvalue weighted by molar-refractivity contribution is 7.85. The van der Waals surface area contributed by atoms with E-state index in [-0.39, 0.29) is 5.75 Å². The Hall–Kier alpha value is -0.940. The van der Waals surface area contributed by atoms with Gasteiger partial charge < -0.3 is 10.4 Å². The summed E-state index contributed by atoms with van der Waals surface area (Å²) in [7, 11) is -0.601. The molecule has 0 bridgehead atoms. The molecule has 5 heteroatoms. The Morgan fingerprint density at radius 1 is 1.44 bits per heavy atom. The van der Waals surface area contributed by atoms with Gasteiger partial charge >= 0.3 is 0 Å². The molecular formula is C11H16N2O2S. The van der Waals surface area contributed by atoms with E-state index in [1.807, 2.05) is 6.07 Å². The molecule has 1 fully saturated rings. The number of rotatable bonds is 3. The predicted molar refractivity (Wildman–Crippen MR) is 63.6 cm³/mol. The van der Waals surface area contributed by atoms with Crippen molar-refractivity contribution in [1.82, 2.24) is 10.3 Å². The number of pyridine rings is 1. The van der Waals surface area contributed by atoms with Crippen molar-refractivity contribution in [2.24, 2.45) is 0 Å². The van der Waals surface area contributed by atoms with Crippen LogP contribution in [0.15, 0.2) is 18.3 Å². The first-order valence-corrected chi connectivity index (χ1v) is 6.95. The van der Waals surface area contributed by atoms with Crippen LogP contribution in [0.5, 0.6) is 5.75 Å². The number of hydrogen-bond acceptors (Lipinski definition) is 4. The minimum absolute atomic E-state index is 0.191. The summed E-state index contributed by atoms with van der Waals surface area (Å²) in [5, 5.41) is 12.5. The second-order valence-electron chi connectivity index (χ2n) is 4.01. The first kappa shape index (κ1) is 11.5. The van der Waals surface area contributed by atoms with E-state index in [1.54, 1.807) is 6.07 Å². The van der Waals surface area contributed by atoms with Gasteiger partial charge in [0.2, 0.25) is 0 Å². The highest BCUT2D eigenvalue weighted by atomic mass is 32.2. The van der Waals surface area contributed by atoms with Gasteiger partial charge in [-0.05, 0) is 25.0 Å². The van der Waals surface area contributed by atoms with E-state index in [4.69, 9.17) is 5.11 Å². The fourth-order valence-electron chi connectivity index (χ4n) is 1.77. The van der Waals surface area contributed by atoms with Crippen LogP contribution in [-0.2, 0) is 17.3 Å². The molecule has 0 aromatic carbocycles. The Labute approximate surface area is 97.6 Å². The van der Waals surface area contributed by atoms with Crippen molar-refractivity contribution < 1.29 is 9.32 Å². The third-order valence-corrected chi connectivity index (χ3v) is 4.15. The van der Waals surface area contributed by atoms with Gasteiger partial charge in [0.1, 0.15) is 5.75 Å². The molecule has 0 radical (unpaired) electrons. The van der Waals surface area contributed by atoms with Crippen molar-refractivity contribution in [2.45, 2.75) is 25.4 Å². The summed E-state index contributed by atoms with van der Waals surface area (Å²) < 4.78 is 11.2. The monoisotopic (exact) mass is 240 g/mol. The lowest BCUT2D eigenvalue weighted by molar-refractivity contribution is 0.464. The Balaban J connectivity index is 1.79. The van der Waals surface area contributed by atoms with Crippen LogP contribution in [0.4, 0.5) is 0 Å². The smallest absolute Gasteiger partial charge is 0.133 e. The fourth-order valence-corrected chi connectivity index (χ4v) is 3.07. The van der Waals surface area contributed by atoms with Crippen molar-refractivity contribution >= 4 is 10.8 Å². The summed E-state index contributed by atoms with van der Waals surface area (Å²) in [5.74, 6) is 1.80. The zero-order chi connectivity index (χ0) is 11.4. The van der Waals surface area contributed by atoms with E-state index in [0.29, 0.717) is 12.6 Å². The van der Waals surface area contributed by atoms with E-state index < -0.39 is 10.8 Å². The number of hydrogen-bond donors (Lipinski definition) is 2. The number of aromatic hydroxyl groups is 1. The zero-order valence-corrected chi connectivity index (χ0v) is 9.87. The van der Waals surface area contributed by atoms with Crippen molar-refractivity contribution in [3.8, 4) is 5.75 Å². The maximum atomic E-state index is 11.2. The maximum Gasteiger partial charge on any atom is 0.133 e. The van der Waals surface area contributed by atoms with E-state index in [1.165, 1.54) is 6.20 Å². The van der Waals surface area contributed by atoms with Crippen LogP contribution in [0, 0.1) is 0 Å². The van der Waals surface area contributed by atoms with Crippen LogP contribution in [0.3, 0.4) is 0 Å². The van der Waals surface area contributed by atoms with Gasteiger partial charge in [-0.1, -0.05) is 0 Å². The molecule has 0 amide bonds. The molecular weight excluding hydrogens is 224 g/mol. The first-order chi connectivity index (χ1) is 7.74. The van der Waals surface area contributed by atoms with Crippen LogP contribution in [0.1, 0.15) is 18.5 Å². The summed E-state index contributed by atoms with van der Waals surface area (Å²) in [6.07, 6.45) is 3.41. The standard InChI is InChI=1S/C11H16N2O2S/c14-11-2-1-10(13-8-11)7-12-9-3-5-16(15)6-4-9/h1-2,8-9,12,14H,3-7H2. The van der Waals surface area contributed by atoms with Crippen molar-refractivity contribution in [3.05, 3.63) is 24.0 Å². The summed E-state index contributed by atoms with van der Waals surface area (Å²) in [4.78, 5) is 4.11. The maximum absolute atomic E-state index is 11.2. The zero-order valence-electron chi connectivity index (χ0n) is 9.06. The van der Waals surface area contributed by atoms with Gasteiger partial charge in [0.15, 0.2) is 0 Å². The lowest BCUT2D eigenvalue weighted by atomic mass is 10.1. The van der Waals surface area contributed by atoms with E-state index in [9.17, 15) is 4.21 Å². The topological polar surface area (TPSA) is 62.2 Å². The Kier molecular flexibility index (Phi) is 3.90. The highest BCUT2D eigenvalue weighted by Crippen LogP contribution is 2.10. The molecule has 16 heavy (non-hydrogen) atoms. The molecule has 0 atom stereocenters. The average molecular weight is 240 g/mol. The van der Waals surface area contributed by atoms with Gasteiger partial charge in [0, 0.05) is 34.9 Å². The lowest BCUT2D eigenvalue weighted by Gasteiger charge is -2.22. The molecule has 2 N–H and O–H groups in total. The van der Waals surface area contributed by atoms with Crippen molar-refractivity contribution in [3.63, 3.8) is 0 Å². The summed E-state index contributed by atoms with van der Waals surface area (Å²) >= 11 is 0. The molecule has 0 spiro atoms.